The van der Waals surface area contributed by atoms with Crippen LogP contribution in [-0.2, 0) is 0 Å². The van der Waals surface area contributed by atoms with Crippen LogP contribution >= 0.6 is 0 Å². The predicted octanol–water partition coefficient (Wildman–Crippen LogP) is 0.733. The van der Waals surface area contributed by atoms with Gasteiger partial charge in [-0.15, -0.1) is 0 Å². The highest BCUT2D eigenvalue weighted by atomic mass is 16.3. The molecule has 0 fully saturated rings. The van der Waals surface area contributed by atoms with Gasteiger partial charge in [-0.25, -0.2) is 0 Å². The van der Waals surface area contributed by atoms with Crippen molar-refractivity contribution in [2.75, 3.05) is 5.73 Å². The lowest BCUT2D eigenvalue weighted by Crippen LogP contribution is -1.98. The second kappa shape index (κ2) is 2.91. The summed E-state index contributed by atoms with van der Waals surface area (Å²) in [7, 11) is 0. The van der Waals surface area contributed by atoms with E-state index in [9.17, 15) is 5.11 Å². The summed E-state index contributed by atoms with van der Waals surface area (Å²) in [6, 6.07) is 2.70. The summed E-state index contributed by atoms with van der Waals surface area (Å²) in [6.45, 7) is 1.46. The molecular weight excluding hydrogens is 158 g/mol. The molecule has 0 aliphatic rings. The number of aliphatic hydroxyl groups excluding tert-OH is 1. The Kier molecular flexibility index (Phi) is 2.10. The molecule has 0 saturated carbocycles. The van der Waals surface area contributed by atoms with Gasteiger partial charge in [0.1, 0.15) is 0 Å². The number of nitrogen functional groups attached to an aromatic ring is 1. The number of hydrogen-bond donors (Lipinski definition) is 4. The van der Waals surface area contributed by atoms with Crippen molar-refractivity contribution >= 4 is 5.69 Å². The van der Waals surface area contributed by atoms with E-state index in [-0.39, 0.29) is 22.7 Å². The predicted molar refractivity (Wildman–Crippen MR) is 44.8 cm³/mol. The Hall–Kier alpha value is -1.42. The average Bonchev–Trinajstić information content (AvgIpc) is 1.97. The third-order valence-corrected chi connectivity index (χ3v) is 1.65. The van der Waals surface area contributed by atoms with Crippen LogP contribution in [0.5, 0.6) is 11.5 Å². The molecule has 1 aromatic rings. The third-order valence-electron chi connectivity index (χ3n) is 1.65. The number of rotatable bonds is 1. The van der Waals surface area contributed by atoms with Gasteiger partial charge in [-0.1, -0.05) is 0 Å². The molecule has 0 saturated heterocycles. The molecule has 0 aliphatic heterocycles. The molecule has 4 nitrogen and oxygen atoms in total. The first-order chi connectivity index (χ1) is 5.54. The maximum atomic E-state index is 9.26. The zero-order valence-electron chi connectivity index (χ0n) is 6.65. The van der Waals surface area contributed by atoms with Crippen molar-refractivity contribution in [3.05, 3.63) is 17.7 Å². The molecule has 0 amide bonds. The van der Waals surface area contributed by atoms with Gasteiger partial charge in [0.05, 0.1) is 6.10 Å². The van der Waals surface area contributed by atoms with E-state index in [0.717, 1.165) is 0 Å². The summed E-state index contributed by atoms with van der Waals surface area (Å²) in [5, 5.41) is 27.5. The van der Waals surface area contributed by atoms with Crippen molar-refractivity contribution in [3.8, 4) is 11.5 Å². The smallest absolute Gasteiger partial charge is 0.165 e. The van der Waals surface area contributed by atoms with E-state index in [4.69, 9.17) is 15.9 Å². The van der Waals surface area contributed by atoms with E-state index in [1.807, 2.05) is 0 Å². The van der Waals surface area contributed by atoms with Gasteiger partial charge in [0.15, 0.2) is 11.5 Å². The maximum Gasteiger partial charge on any atom is 0.165 e. The molecule has 66 valence electrons. The number of anilines is 1. The Morgan fingerprint density at radius 3 is 2.33 bits per heavy atom. The highest BCUT2D eigenvalue weighted by Crippen LogP contribution is 2.36. The van der Waals surface area contributed by atoms with Crippen LogP contribution in [0.2, 0.25) is 0 Å². The number of phenolic OH excluding ortho intramolecular Hbond substituents is 2. The van der Waals surface area contributed by atoms with Crippen LogP contribution in [-0.4, -0.2) is 15.3 Å². The second-order valence-electron chi connectivity index (χ2n) is 2.61. The number of benzene rings is 1. The highest BCUT2D eigenvalue weighted by molar-refractivity contribution is 5.60. The van der Waals surface area contributed by atoms with Gasteiger partial charge in [-0.3, -0.25) is 0 Å². The Morgan fingerprint density at radius 1 is 1.33 bits per heavy atom. The quantitative estimate of drug-likeness (QED) is 0.283. The summed E-state index contributed by atoms with van der Waals surface area (Å²) < 4.78 is 0. The molecule has 4 heteroatoms. The van der Waals surface area contributed by atoms with Crippen molar-refractivity contribution in [3.63, 3.8) is 0 Å². The summed E-state index contributed by atoms with van der Waals surface area (Å²) in [4.78, 5) is 0. The fourth-order valence-electron chi connectivity index (χ4n) is 1.05. The van der Waals surface area contributed by atoms with Gasteiger partial charge >= 0.3 is 0 Å². The third kappa shape index (κ3) is 1.29. The number of aliphatic hydroxyl groups is 1. The van der Waals surface area contributed by atoms with E-state index in [1.54, 1.807) is 0 Å². The number of hydrogen-bond acceptors (Lipinski definition) is 4. The SMILES string of the molecule is CC(O)c1c(N)ccc(O)c1O. The maximum absolute atomic E-state index is 9.26. The van der Waals surface area contributed by atoms with Gasteiger partial charge < -0.3 is 21.1 Å². The van der Waals surface area contributed by atoms with Crippen molar-refractivity contribution in [1.29, 1.82) is 0 Å². The molecular formula is C8H11NO3. The van der Waals surface area contributed by atoms with Gasteiger partial charge in [0.2, 0.25) is 0 Å². The summed E-state index contributed by atoms with van der Waals surface area (Å²) in [5.74, 6) is -0.634. The lowest BCUT2D eigenvalue weighted by molar-refractivity contribution is 0.194. The first-order valence-corrected chi connectivity index (χ1v) is 3.52. The zero-order valence-corrected chi connectivity index (χ0v) is 6.65. The van der Waals surface area contributed by atoms with Crippen LogP contribution in [0, 0.1) is 0 Å². The normalized spacial score (nSPS) is 12.8. The molecule has 1 aromatic carbocycles. The molecule has 0 aromatic heterocycles. The fourth-order valence-corrected chi connectivity index (χ4v) is 1.05. The van der Waals surface area contributed by atoms with Crippen LogP contribution in [0.3, 0.4) is 0 Å². The van der Waals surface area contributed by atoms with E-state index < -0.39 is 6.10 Å². The van der Waals surface area contributed by atoms with E-state index in [0.29, 0.717) is 0 Å². The first kappa shape index (κ1) is 8.67. The van der Waals surface area contributed by atoms with Crippen molar-refractivity contribution < 1.29 is 15.3 Å². The van der Waals surface area contributed by atoms with Crippen LogP contribution in [0.25, 0.3) is 0 Å². The topological polar surface area (TPSA) is 86.7 Å². The zero-order chi connectivity index (χ0) is 9.30. The molecule has 0 heterocycles. The molecule has 0 aliphatic carbocycles. The standard InChI is InChI=1S/C8H11NO3/c1-4(10)7-5(9)2-3-6(11)8(7)12/h2-4,10-12H,9H2,1H3. The molecule has 1 atom stereocenters. The molecule has 12 heavy (non-hydrogen) atoms. The van der Waals surface area contributed by atoms with Gasteiger partial charge in [0.25, 0.3) is 0 Å². The lowest BCUT2D eigenvalue weighted by Gasteiger charge is -2.11. The summed E-state index contributed by atoms with van der Waals surface area (Å²) in [6.07, 6.45) is -0.892. The minimum absolute atomic E-state index is 0.162. The first-order valence-electron chi connectivity index (χ1n) is 3.52. The molecule has 1 rings (SSSR count). The lowest BCUT2D eigenvalue weighted by atomic mass is 10.1. The minimum atomic E-state index is -0.892. The monoisotopic (exact) mass is 169 g/mol. The molecule has 0 spiro atoms. The van der Waals surface area contributed by atoms with Crippen LogP contribution < -0.4 is 5.73 Å². The average molecular weight is 169 g/mol. The highest BCUT2D eigenvalue weighted by Gasteiger charge is 2.14. The van der Waals surface area contributed by atoms with Gasteiger partial charge in [0, 0.05) is 11.3 Å². The van der Waals surface area contributed by atoms with Crippen LogP contribution in [0.1, 0.15) is 18.6 Å². The minimum Gasteiger partial charge on any atom is -0.504 e. The van der Waals surface area contributed by atoms with Crippen LogP contribution in [0.4, 0.5) is 5.69 Å². The fraction of sp³-hybridized carbons (Fsp3) is 0.250. The van der Waals surface area contributed by atoms with E-state index >= 15 is 0 Å². The van der Waals surface area contributed by atoms with Gasteiger partial charge in [-0.05, 0) is 19.1 Å². The molecule has 5 N–H and O–H groups in total. The van der Waals surface area contributed by atoms with E-state index in [1.165, 1.54) is 19.1 Å². The Morgan fingerprint density at radius 2 is 1.92 bits per heavy atom. The van der Waals surface area contributed by atoms with Crippen molar-refractivity contribution in [2.45, 2.75) is 13.0 Å². The Balaban J connectivity index is 3.33. The summed E-state index contributed by atoms with van der Waals surface area (Å²) in [5.41, 5.74) is 5.89. The molecule has 0 radical (unpaired) electrons. The summed E-state index contributed by atoms with van der Waals surface area (Å²) >= 11 is 0. The number of aromatic hydroxyl groups is 2. The van der Waals surface area contributed by atoms with Crippen LogP contribution in [0.15, 0.2) is 12.1 Å². The second-order valence-corrected chi connectivity index (χ2v) is 2.61. The van der Waals surface area contributed by atoms with E-state index in [2.05, 4.69) is 0 Å². The number of phenols is 2. The molecule has 0 bridgehead atoms. The Labute approximate surface area is 69.9 Å². The van der Waals surface area contributed by atoms with Crippen molar-refractivity contribution in [2.24, 2.45) is 0 Å². The van der Waals surface area contributed by atoms with Gasteiger partial charge in [-0.2, -0.15) is 0 Å². The largest absolute Gasteiger partial charge is 0.504 e. The number of nitrogens with two attached hydrogens (primary N) is 1. The van der Waals surface area contributed by atoms with Crippen molar-refractivity contribution in [1.82, 2.24) is 0 Å². The Bertz CT molecular complexity index is 297. The molecule has 1 unspecified atom stereocenters.